The molecule has 0 unspecified atom stereocenters. The molecule has 1 aromatic heterocycles. The minimum Gasteiger partial charge on any atom is -0.493 e. The van der Waals surface area contributed by atoms with E-state index in [0.717, 1.165) is 65.1 Å². The summed E-state index contributed by atoms with van der Waals surface area (Å²) in [5.41, 5.74) is -0.670. The van der Waals surface area contributed by atoms with E-state index in [1.165, 1.54) is 6.07 Å². The number of hydrogen-bond acceptors (Lipinski definition) is 9. The maximum absolute atomic E-state index is 15.0. The highest BCUT2D eigenvalue weighted by Crippen LogP contribution is 2.29. The Bertz CT molecular complexity index is 1470. The van der Waals surface area contributed by atoms with Crippen LogP contribution in [0.25, 0.3) is 10.9 Å². The Balaban J connectivity index is 0.925. The molecular weight excluding hydrogens is 625 g/mol. The first-order chi connectivity index (χ1) is 22.5. The number of carbonyl (C=O) groups is 2. The number of aromatic amines is 1. The van der Waals surface area contributed by atoms with Gasteiger partial charge in [-0.05, 0) is 78.3 Å². The van der Waals surface area contributed by atoms with Gasteiger partial charge in [0.1, 0.15) is 28.4 Å². The number of hydrogen-bond donors (Lipinski definition) is 1. The van der Waals surface area contributed by atoms with E-state index in [9.17, 15) is 18.8 Å². The molecule has 13 heteroatoms. The number of likely N-dealkylation sites (tertiary alicyclic amines) is 3. The Labute approximate surface area is 279 Å². The zero-order chi connectivity index (χ0) is 33.1. The van der Waals surface area contributed by atoms with Crippen molar-refractivity contribution in [2.45, 2.75) is 81.9 Å². The second-order valence-corrected chi connectivity index (χ2v) is 15.7. The third-order valence-corrected chi connectivity index (χ3v) is 11.1. The number of piperidine rings is 2. The van der Waals surface area contributed by atoms with Crippen LogP contribution in [0.15, 0.2) is 16.9 Å². The summed E-state index contributed by atoms with van der Waals surface area (Å²) in [6.07, 6.45) is 4.94. The SMILES string of the molecule is CC(C)(C)OC(=O)N1CCC(C(=O)N2CC(N3CCC(COc4cc(F)c5c(=O)[nH]c(CSC6CCOCC6)nc5c4)CC3)C2)CC1. The van der Waals surface area contributed by atoms with Gasteiger partial charge in [0.2, 0.25) is 5.91 Å². The van der Waals surface area contributed by atoms with Crippen LogP contribution in [-0.4, -0.2) is 113 Å². The largest absolute Gasteiger partial charge is 0.493 e. The van der Waals surface area contributed by atoms with Gasteiger partial charge in [-0.15, -0.1) is 0 Å². The van der Waals surface area contributed by atoms with Gasteiger partial charge in [0, 0.05) is 68.7 Å². The molecule has 0 saturated carbocycles. The van der Waals surface area contributed by atoms with E-state index in [1.807, 2.05) is 25.7 Å². The number of carbonyl (C=O) groups excluding carboxylic acids is 2. The number of aromatic nitrogens is 2. The van der Waals surface area contributed by atoms with Gasteiger partial charge < -0.3 is 29.0 Å². The van der Waals surface area contributed by atoms with Crippen molar-refractivity contribution >= 4 is 34.7 Å². The number of thioether (sulfide) groups is 1. The number of benzene rings is 1. The Kier molecular flexibility index (Phi) is 10.6. The summed E-state index contributed by atoms with van der Waals surface area (Å²) in [5, 5.41) is 0.431. The van der Waals surface area contributed by atoms with E-state index >= 15 is 0 Å². The number of rotatable bonds is 8. The number of amides is 2. The standard InChI is InChI=1S/C34H48FN5O6S/c1-34(2,3)46-33(43)39-12-6-23(7-13-39)32(42)40-18-24(19-40)38-10-4-22(5-11-38)20-45-25-16-27(35)30-28(17-25)36-29(37-31(30)41)21-47-26-8-14-44-15-9-26/h16-17,22-24,26H,4-15,18-21H2,1-3H3,(H,36,37,41). The third kappa shape index (κ3) is 8.58. The molecule has 11 nitrogen and oxygen atoms in total. The second-order valence-electron chi connectivity index (χ2n) is 14.4. The highest BCUT2D eigenvalue weighted by Gasteiger charge is 2.40. The lowest BCUT2D eigenvalue weighted by Crippen LogP contribution is -2.63. The van der Waals surface area contributed by atoms with E-state index in [2.05, 4.69) is 14.9 Å². The molecule has 4 fully saturated rings. The maximum Gasteiger partial charge on any atom is 0.410 e. The van der Waals surface area contributed by atoms with Crippen LogP contribution in [0.5, 0.6) is 5.75 Å². The molecule has 2 amide bonds. The van der Waals surface area contributed by atoms with Gasteiger partial charge in [0.15, 0.2) is 0 Å². The summed E-state index contributed by atoms with van der Waals surface area (Å²) in [6.45, 7) is 12.1. The lowest BCUT2D eigenvalue weighted by atomic mass is 9.91. The number of H-pyrrole nitrogens is 1. The summed E-state index contributed by atoms with van der Waals surface area (Å²) in [6, 6.07) is 3.33. The smallest absolute Gasteiger partial charge is 0.410 e. The predicted octanol–water partition coefficient (Wildman–Crippen LogP) is 4.42. The highest BCUT2D eigenvalue weighted by atomic mass is 32.2. The van der Waals surface area contributed by atoms with E-state index < -0.39 is 17.0 Å². The van der Waals surface area contributed by atoms with E-state index in [0.29, 0.717) is 72.6 Å². The first-order valence-electron chi connectivity index (χ1n) is 17.1. The molecule has 4 aliphatic heterocycles. The van der Waals surface area contributed by atoms with Gasteiger partial charge in [-0.1, -0.05) is 0 Å². The molecule has 5 heterocycles. The zero-order valence-electron chi connectivity index (χ0n) is 27.8. The number of nitrogens with zero attached hydrogens (tertiary/aromatic N) is 4. The van der Waals surface area contributed by atoms with Crippen molar-refractivity contribution in [2.75, 3.05) is 59.1 Å². The van der Waals surface area contributed by atoms with Crippen molar-refractivity contribution in [1.29, 1.82) is 0 Å². The zero-order valence-corrected chi connectivity index (χ0v) is 28.6. The van der Waals surface area contributed by atoms with Gasteiger partial charge in [-0.25, -0.2) is 14.2 Å². The fraction of sp³-hybridized carbons (Fsp3) is 0.706. The molecular formula is C34H48FN5O6S. The lowest BCUT2D eigenvalue weighted by molar-refractivity contribution is -0.145. The molecule has 0 radical (unpaired) electrons. The molecule has 1 aromatic carbocycles. The highest BCUT2D eigenvalue weighted by molar-refractivity contribution is 7.99. The monoisotopic (exact) mass is 673 g/mol. The van der Waals surface area contributed by atoms with Crippen molar-refractivity contribution in [3.63, 3.8) is 0 Å². The molecule has 0 aliphatic carbocycles. The van der Waals surface area contributed by atoms with Crippen LogP contribution < -0.4 is 10.3 Å². The maximum atomic E-state index is 15.0. The Hall–Kier alpha value is -2.90. The van der Waals surface area contributed by atoms with E-state index in [4.69, 9.17) is 14.2 Å². The van der Waals surface area contributed by atoms with Crippen LogP contribution in [0.3, 0.4) is 0 Å². The fourth-order valence-electron chi connectivity index (χ4n) is 6.90. The van der Waals surface area contributed by atoms with Gasteiger partial charge in [0.25, 0.3) is 5.56 Å². The molecule has 258 valence electrons. The van der Waals surface area contributed by atoms with Gasteiger partial charge >= 0.3 is 6.09 Å². The van der Waals surface area contributed by atoms with Crippen molar-refractivity contribution in [3.8, 4) is 5.75 Å². The third-order valence-electron chi connectivity index (χ3n) is 9.73. The summed E-state index contributed by atoms with van der Waals surface area (Å²) >= 11 is 1.75. The Morgan fingerprint density at radius 2 is 1.72 bits per heavy atom. The topological polar surface area (TPSA) is 117 Å². The summed E-state index contributed by atoms with van der Waals surface area (Å²) in [5.74, 6) is 1.39. The second kappa shape index (κ2) is 14.7. The number of nitrogens with one attached hydrogen (secondary N) is 1. The average Bonchev–Trinajstić information content (AvgIpc) is 3.02. The average molecular weight is 674 g/mol. The summed E-state index contributed by atoms with van der Waals surface area (Å²) < 4.78 is 31.9. The summed E-state index contributed by atoms with van der Waals surface area (Å²) in [7, 11) is 0. The van der Waals surface area contributed by atoms with Crippen LogP contribution in [-0.2, 0) is 20.0 Å². The number of ether oxygens (including phenoxy) is 3. The van der Waals surface area contributed by atoms with Crippen LogP contribution in [0.2, 0.25) is 0 Å². The first-order valence-corrected chi connectivity index (χ1v) is 18.1. The summed E-state index contributed by atoms with van der Waals surface area (Å²) in [4.78, 5) is 51.6. The van der Waals surface area contributed by atoms with Crippen LogP contribution in [0, 0.1) is 17.7 Å². The first kappa shape index (κ1) is 34.0. The molecule has 2 aromatic rings. The van der Waals surface area contributed by atoms with Gasteiger partial charge in [-0.2, -0.15) is 11.8 Å². The van der Waals surface area contributed by atoms with Crippen molar-refractivity contribution in [3.05, 3.63) is 34.1 Å². The number of fused-ring (bicyclic) bond motifs is 1. The normalized spacial score (nSPS) is 21.2. The molecule has 6 rings (SSSR count). The fourth-order valence-corrected chi connectivity index (χ4v) is 7.95. The molecule has 4 saturated heterocycles. The Morgan fingerprint density at radius 3 is 2.40 bits per heavy atom. The predicted molar refractivity (Wildman–Crippen MR) is 178 cm³/mol. The van der Waals surface area contributed by atoms with E-state index in [1.54, 1.807) is 22.7 Å². The molecule has 0 bridgehead atoms. The minimum absolute atomic E-state index is 0.0337. The molecule has 1 N–H and O–H groups in total. The lowest BCUT2D eigenvalue weighted by Gasteiger charge is -2.48. The van der Waals surface area contributed by atoms with Gasteiger partial charge in [-0.3, -0.25) is 14.5 Å². The van der Waals surface area contributed by atoms with Crippen LogP contribution in [0.4, 0.5) is 9.18 Å². The van der Waals surface area contributed by atoms with Crippen molar-refractivity contribution < 1.29 is 28.2 Å². The minimum atomic E-state index is -0.623. The number of halogens is 1. The Morgan fingerprint density at radius 1 is 1.02 bits per heavy atom. The molecule has 0 spiro atoms. The van der Waals surface area contributed by atoms with Crippen LogP contribution in [0.1, 0.15) is 65.1 Å². The molecule has 4 aliphatic rings. The van der Waals surface area contributed by atoms with Crippen molar-refractivity contribution in [2.24, 2.45) is 11.8 Å². The molecule has 47 heavy (non-hydrogen) atoms. The quantitative estimate of drug-likeness (QED) is 0.435. The van der Waals surface area contributed by atoms with Gasteiger partial charge in [0.05, 0.1) is 17.9 Å². The molecule has 0 atom stereocenters. The van der Waals surface area contributed by atoms with Crippen molar-refractivity contribution in [1.82, 2.24) is 24.7 Å². The van der Waals surface area contributed by atoms with E-state index in [-0.39, 0.29) is 23.3 Å². The van der Waals surface area contributed by atoms with Crippen LogP contribution >= 0.6 is 11.8 Å².